The fraction of sp³-hybridized carbons (Fsp3) is 0.235. The molecule has 1 N–H and O–H groups in total. The van der Waals surface area contributed by atoms with Gasteiger partial charge in [0.1, 0.15) is 10.7 Å². The lowest BCUT2D eigenvalue weighted by Crippen LogP contribution is -2.14. The van der Waals surface area contributed by atoms with Gasteiger partial charge in [-0.05, 0) is 45.0 Å². The summed E-state index contributed by atoms with van der Waals surface area (Å²) in [6, 6.07) is 6.46. The summed E-state index contributed by atoms with van der Waals surface area (Å²) >= 11 is 5.88. The first-order chi connectivity index (χ1) is 13.2. The van der Waals surface area contributed by atoms with E-state index in [9.17, 15) is 13.2 Å². The monoisotopic (exact) mass is 424 g/mol. The third-order valence-electron chi connectivity index (χ3n) is 3.81. The number of carbonyl (C=O) groups is 1. The maximum atomic E-state index is 12.7. The Kier molecular flexibility index (Phi) is 5.43. The average Bonchev–Trinajstić information content (AvgIpc) is 3.18. The number of aryl methyl sites for hydroxylation is 1. The molecule has 0 saturated carbocycles. The summed E-state index contributed by atoms with van der Waals surface area (Å²) in [7, 11) is -4.05. The molecule has 0 unspecified atom stereocenters. The van der Waals surface area contributed by atoms with E-state index in [1.54, 1.807) is 38.1 Å². The molecular formula is C17H17ClN4O5S. The Morgan fingerprint density at radius 3 is 2.61 bits per heavy atom. The lowest BCUT2D eigenvalue weighted by atomic mass is 10.3. The first-order valence-electron chi connectivity index (χ1n) is 8.21. The standard InChI is InChI=1S/C17H17ClN4O5S/c1-4-26-16(23)15-11(3)27-17(20-15)21-28(24,25)14-9-19-22(10(14)2)13-7-5-12(18)6-8-13/h5-9H,4H2,1-3H3,(H,20,21). The van der Waals surface area contributed by atoms with Gasteiger partial charge in [-0.1, -0.05) is 11.6 Å². The van der Waals surface area contributed by atoms with Gasteiger partial charge >= 0.3 is 12.0 Å². The lowest BCUT2D eigenvalue weighted by Gasteiger charge is -2.06. The Labute approximate surface area is 166 Å². The minimum Gasteiger partial charge on any atom is -0.461 e. The zero-order valence-electron chi connectivity index (χ0n) is 15.3. The van der Waals surface area contributed by atoms with E-state index >= 15 is 0 Å². The van der Waals surface area contributed by atoms with Crippen LogP contribution < -0.4 is 4.72 Å². The van der Waals surface area contributed by atoms with Crippen LogP contribution in [0.2, 0.25) is 5.02 Å². The molecule has 11 heteroatoms. The second kappa shape index (κ2) is 7.64. The Hall–Kier alpha value is -2.85. The fourth-order valence-corrected chi connectivity index (χ4v) is 3.71. The Morgan fingerprint density at radius 1 is 1.29 bits per heavy atom. The SMILES string of the molecule is CCOC(=O)c1nc(NS(=O)(=O)c2cnn(-c3ccc(Cl)cc3)c2C)oc1C. The number of esters is 1. The zero-order chi connectivity index (χ0) is 20.5. The van der Waals surface area contributed by atoms with Gasteiger partial charge < -0.3 is 9.15 Å². The van der Waals surface area contributed by atoms with Crippen molar-refractivity contribution in [2.45, 2.75) is 25.7 Å². The Balaban J connectivity index is 1.89. The van der Waals surface area contributed by atoms with Crippen molar-refractivity contribution in [3.63, 3.8) is 0 Å². The molecule has 0 aliphatic rings. The molecule has 9 nitrogen and oxygen atoms in total. The van der Waals surface area contributed by atoms with Crippen LogP contribution in [-0.4, -0.2) is 35.8 Å². The third kappa shape index (κ3) is 3.87. The quantitative estimate of drug-likeness (QED) is 0.604. The second-order valence-electron chi connectivity index (χ2n) is 5.73. The summed E-state index contributed by atoms with van der Waals surface area (Å²) in [5.41, 5.74) is 0.941. The van der Waals surface area contributed by atoms with E-state index in [-0.39, 0.29) is 29.0 Å². The Morgan fingerprint density at radius 2 is 1.96 bits per heavy atom. The van der Waals surface area contributed by atoms with Crippen LogP contribution in [0.15, 0.2) is 39.8 Å². The summed E-state index contributed by atoms with van der Waals surface area (Å²) in [5, 5.41) is 4.68. The normalized spacial score (nSPS) is 11.4. The number of ether oxygens (including phenoxy) is 1. The van der Waals surface area contributed by atoms with Crippen LogP contribution in [0.5, 0.6) is 0 Å². The van der Waals surface area contributed by atoms with Crippen LogP contribution in [0.25, 0.3) is 5.69 Å². The highest BCUT2D eigenvalue weighted by molar-refractivity contribution is 7.92. The Bertz CT molecular complexity index is 1120. The average molecular weight is 425 g/mol. The van der Waals surface area contributed by atoms with E-state index in [0.29, 0.717) is 16.4 Å². The molecule has 0 atom stereocenters. The van der Waals surface area contributed by atoms with Crippen LogP contribution in [0, 0.1) is 13.8 Å². The van der Waals surface area contributed by atoms with Crippen molar-refractivity contribution in [3.05, 3.63) is 52.6 Å². The molecule has 148 valence electrons. The van der Waals surface area contributed by atoms with Gasteiger partial charge in [0.2, 0.25) is 0 Å². The number of hydrogen-bond donors (Lipinski definition) is 1. The number of nitrogens with one attached hydrogen (secondary N) is 1. The third-order valence-corrected chi connectivity index (χ3v) is 5.49. The van der Waals surface area contributed by atoms with Gasteiger partial charge in [0.15, 0.2) is 5.69 Å². The number of nitrogens with zero attached hydrogens (tertiary/aromatic N) is 3. The first kappa shape index (κ1) is 19.9. The number of rotatable bonds is 6. The van der Waals surface area contributed by atoms with Crippen molar-refractivity contribution in [2.75, 3.05) is 11.3 Å². The van der Waals surface area contributed by atoms with Crippen LogP contribution >= 0.6 is 11.6 Å². The van der Waals surface area contributed by atoms with Gasteiger partial charge in [-0.25, -0.2) is 22.6 Å². The van der Waals surface area contributed by atoms with Gasteiger partial charge in [0.05, 0.1) is 24.2 Å². The van der Waals surface area contributed by atoms with Crippen LogP contribution in [0.3, 0.4) is 0 Å². The topological polar surface area (TPSA) is 116 Å². The lowest BCUT2D eigenvalue weighted by molar-refractivity contribution is 0.0518. The maximum absolute atomic E-state index is 12.7. The minimum atomic E-state index is -4.05. The molecular weight excluding hydrogens is 408 g/mol. The highest BCUT2D eigenvalue weighted by Gasteiger charge is 2.26. The molecule has 2 aromatic heterocycles. The van der Waals surface area contributed by atoms with E-state index in [2.05, 4.69) is 14.8 Å². The molecule has 0 radical (unpaired) electrons. The van der Waals surface area contributed by atoms with E-state index in [0.717, 1.165) is 0 Å². The zero-order valence-corrected chi connectivity index (χ0v) is 16.8. The number of benzene rings is 1. The molecule has 3 rings (SSSR count). The summed E-state index contributed by atoms with van der Waals surface area (Å²) < 4.78 is 39.3. The van der Waals surface area contributed by atoms with Gasteiger partial charge in [-0.2, -0.15) is 10.1 Å². The predicted octanol–water partition coefficient (Wildman–Crippen LogP) is 3.11. The number of hydrogen-bond acceptors (Lipinski definition) is 7. The maximum Gasteiger partial charge on any atom is 0.360 e. The highest BCUT2D eigenvalue weighted by Crippen LogP contribution is 2.23. The van der Waals surface area contributed by atoms with Crippen LogP contribution in [-0.2, 0) is 14.8 Å². The van der Waals surface area contributed by atoms with Gasteiger partial charge in [0.25, 0.3) is 10.0 Å². The number of sulfonamides is 1. The molecule has 0 bridgehead atoms. The van der Waals surface area contributed by atoms with Crippen molar-refractivity contribution in [1.82, 2.24) is 14.8 Å². The number of carbonyl (C=O) groups excluding carboxylic acids is 1. The molecule has 0 spiro atoms. The summed E-state index contributed by atoms with van der Waals surface area (Å²) in [6.45, 7) is 4.91. The summed E-state index contributed by atoms with van der Waals surface area (Å²) in [6.07, 6.45) is 1.22. The van der Waals surface area contributed by atoms with Crippen molar-refractivity contribution < 1.29 is 22.4 Å². The van der Waals surface area contributed by atoms with E-state index < -0.39 is 16.0 Å². The molecule has 0 aliphatic heterocycles. The predicted molar refractivity (Wildman–Crippen MR) is 101 cm³/mol. The van der Waals surface area contributed by atoms with Crippen LogP contribution in [0.1, 0.15) is 28.9 Å². The number of anilines is 1. The number of aromatic nitrogens is 3. The fourth-order valence-electron chi connectivity index (χ4n) is 2.50. The smallest absolute Gasteiger partial charge is 0.360 e. The van der Waals surface area contributed by atoms with Crippen molar-refractivity contribution in [2.24, 2.45) is 0 Å². The molecule has 0 saturated heterocycles. The molecule has 0 fully saturated rings. The molecule has 0 amide bonds. The van der Waals surface area contributed by atoms with Gasteiger partial charge in [-0.3, -0.25) is 0 Å². The first-order valence-corrected chi connectivity index (χ1v) is 10.1. The minimum absolute atomic E-state index is 0.0593. The largest absolute Gasteiger partial charge is 0.461 e. The van der Waals surface area contributed by atoms with E-state index in [1.165, 1.54) is 17.8 Å². The molecule has 3 aromatic rings. The van der Waals surface area contributed by atoms with Crippen molar-refractivity contribution >= 4 is 33.6 Å². The molecule has 28 heavy (non-hydrogen) atoms. The summed E-state index contributed by atoms with van der Waals surface area (Å²) in [4.78, 5) is 15.6. The van der Waals surface area contributed by atoms with Crippen LogP contribution in [0.4, 0.5) is 6.01 Å². The van der Waals surface area contributed by atoms with Crippen molar-refractivity contribution in [1.29, 1.82) is 0 Å². The van der Waals surface area contributed by atoms with Crippen molar-refractivity contribution in [3.8, 4) is 5.69 Å². The highest BCUT2D eigenvalue weighted by atomic mass is 35.5. The number of oxazole rings is 1. The molecule has 2 heterocycles. The van der Waals surface area contributed by atoms with E-state index in [4.69, 9.17) is 20.8 Å². The second-order valence-corrected chi connectivity index (χ2v) is 7.82. The number of halogens is 1. The van der Waals surface area contributed by atoms with E-state index in [1.807, 2.05) is 0 Å². The van der Waals surface area contributed by atoms with Gasteiger partial charge in [-0.15, -0.1) is 0 Å². The van der Waals surface area contributed by atoms with Gasteiger partial charge in [0, 0.05) is 5.02 Å². The summed E-state index contributed by atoms with van der Waals surface area (Å²) in [5.74, 6) is -0.550. The molecule has 0 aliphatic carbocycles. The molecule has 1 aromatic carbocycles.